The van der Waals surface area contributed by atoms with Gasteiger partial charge in [-0.1, -0.05) is 0 Å². The van der Waals surface area contributed by atoms with Crippen molar-refractivity contribution in [3.63, 3.8) is 0 Å². The second-order valence-corrected chi connectivity index (χ2v) is 5.81. The van der Waals surface area contributed by atoms with E-state index in [1.54, 1.807) is 0 Å². The van der Waals surface area contributed by atoms with Crippen LogP contribution >= 0.6 is 0 Å². The third-order valence-electron chi connectivity index (χ3n) is 4.39. The zero-order valence-corrected chi connectivity index (χ0v) is 12.1. The molecule has 1 N–H and O–H groups in total. The Morgan fingerprint density at radius 3 is 2.81 bits per heavy atom. The van der Waals surface area contributed by atoms with Gasteiger partial charge in [0.05, 0.1) is 18.2 Å². The highest BCUT2D eigenvalue weighted by Crippen LogP contribution is 2.26. The summed E-state index contributed by atoms with van der Waals surface area (Å²) < 4.78 is 0. The summed E-state index contributed by atoms with van der Waals surface area (Å²) in [6.45, 7) is 2.36. The van der Waals surface area contributed by atoms with Gasteiger partial charge >= 0.3 is 0 Å². The van der Waals surface area contributed by atoms with Crippen molar-refractivity contribution in [2.24, 2.45) is 0 Å². The molecule has 1 aromatic rings. The molecule has 5 nitrogen and oxygen atoms in total. The van der Waals surface area contributed by atoms with Gasteiger partial charge in [-0.2, -0.15) is 10.5 Å². The zero-order chi connectivity index (χ0) is 14.7. The summed E-state index contributed by atoms with van der Waals surface area (Å²) in [7, 11) is 0. The van der Waals surface area contributed by atoms with Crippen molar-refractivity contribution in [2.75, 3.05) is 25.0 Å². The maximum atomic E-state index is 9.32. The first-order valence-electron chi connectivity index (χ1n) is 7.59. The van der Waals surface area contributed by atoms with Gasteiger partial charge in [0.1, 0.15) is 11.9 Å². The van der Waals surface area contributed by atoms with Crippen LogP contribution in [0.15, 0.2) is 6.07 Å². The molecule has 1 fully saturated rings. The van der Waals surface area contributed by atoms with Gasteiger partial charge in [0.15, 0.2) is 0 Å². The highest BCUT2D eigenvalue weighted by atomic mass is 15.1. The van der Waals surface area contributed by atoms with Crippen molar-refractivity contribution in [1.29, 1.82) is 10.5 Å². The molecular weight excluding hydrogens is 262 g/mol. The largest absolute Gasteiger partial charge is 0.366 e. The van der Waals surface area contributed by atoms with E-state index in [0.29, 0.717) is 18.2 Å². The molecule has 0 bridgehead atoms. The fraction of sp³-hybridized carbons (Fsp3) is 0.562. The number of pyridine rings is 1. The van der Waals surface area contributed by atoms with E-state index in [1.807, 2.05) is 6.07 Å². The molecule has 0 radical (unpaired) electrons. The summed E-state index contributed by atoms with van der Waals surface area (Å²) in [4.78, 5) is 6.84. The van der Waals surface area contributed by atoms with Gasteiger partial charge in [-0.05, 0) is 43.7 Å². The van der Waals surface area contributed by atoms with Crippen LogP contribution < -0.4 is 5.32 Å². The number of anilines is 1. The third-order valence-corrected chi connectivity index (χ3v) is 4.39. The van der Waals surface area contributed by atoms with Crippen LogP contribution in [0.2, 0.25) is 0 Å². The maximum absolute atomic E-state index is 9.32. The second-order valence-electron chi connectivity index (χ2n) is 5.81. The molecule has 0 atom stereocenters. The van der Waals surface area contributed by atoms with Crippen molar-refractivity contribution in [3.05, 3.63) is 22.9 Å². The van der Waals surface area contributed by atoms with Gasteiger partial charge in [-0.25, -0.2) is 4.98 Å². The summed E-state index contributed by atoms with van der Waals surface area (Å²) in [5.41, 5.74) is 3.05. The van der Waals surface area contributed by atoms with E-state index in [-0.39, 0.29) is 0 Å². The number of hydrogen-bond donors (Lipinski definition) is 1. The van der Waals surface area contributed by atoms with E-state index in [0.717, 1.165) is 56.7 Å². The van der Waals surface area contributed by atoms with Gasteiger partial charge in [-0.15, -0.1) is 0 Å². The van der Waals surface area contributed by atoms with E-state index in [4.69, 9.17) is 5.26 Å². The number of aryl methyl sites for hydroxylation is 2. The number of fused-ring (bicyclic) bond motifs is 1. The molecule has 2 heterocycles. The quantitative estimate of drug-likeness (QED) is 0.856. The number of aromatic nitrogens is 1. The van der Waals surface area contributed by atoms with Crippen LogP contribution in [-0.2, 0) is 12.8 Å². The molecule has 108 valence electrons. The van der Waals surface area contributed by atoms with Crippen LogP contribution in [0.4, 0.5) is 5.82 Å². The number of nitriles is 2. The first kappa shape index (κ1) is 13.9. The monoisotopic (exact) mass is 281 g/mol. The van der Waals surface area contributed by atoms with Crippen molar-refractivity contribution in [3.8, 4) is 12.1 Å². The maximum Gasteiger partial charge on any atom is 0.144 e. The zero-order valence-electron chi connectivity index (χ0n) is 12.1. The number of nitrogens with one attached hydrogen (secondary N) is 1. The van der Waals surface area contributed by atoms with Gasteiger partial charge in [0.25, 0.3) is 0 Å². The Labute approximate surface area is 125 Å². The molecule has 0 amide bonds. The Morgan fingerprint density at radius 1 is 1.29 bits per heavy atom. The Morgan fingerprint density at radius 2 is 2.10 bits per heavy atom. The first-order chi connectivity index (χ1) is 10.3. The molecule has 0 unspecified atom stereocenters. The Hall–Kier alpha value is -2.11. The van der Waals surface area contributed by atoms with Gasteiger partial charge in [-0.3, -0.25) is 4.90 Å². The van der Waals surface area contributed by atoms with Crippen molar-refractivity contribution in [2.45, 2.75) is 38.1 Å². The van der Waals surface area contributed by atoms with Crippen LogP contribution in [0.1, 0.15) is 36.1 Å². The van der Waals surface area contributed by atoms with E-state index in [9.17, 15) is 5.26 Å². The number of hydrogen-bond acceptors (Lipinski definition) is 5. The summed E-state index contributed by atoms with van der Waals surface area (Å²) in [5.74, 6) is 0.747. The van der Waals surface area contributed by atoms with E-state index in [1.165, 1.54) is 5.56 Å². The van der Waals surface area contributed by atoms with Crippen LogP contribution in [0.3, 0.4) is 0 Å². The van der Waals surface area contributed by atoms with E-state index >= 15 is 0 Å². The molecule has 1 aliphatic carbocycles. The minimum absolute atomic E-state index is 0.346. The Kier molecular flexibility index (Phi) is 4.03. The fourth-order valence-electron chi connectivity index (χ4n) is 3.20. The van der Waals surface area contributed by atoms with Gasteiger partial charge in [0, 0.05) is 24.8 Å². The molecule has 1 aliphatic heterocycles. The van der Waals surface area contributed by atoms with Crippen LogP contribution in [0.25, 0.3) is 0 Å². The highest BCUT2D eigenvalue weighted by molar-refractivity contribution is 5.55. The van der Waals surface area contributed by atoms with Crippen molar-refractivity contribution < 1.29 is 0 Å². The standard InChI is InChI=1S/C16H19N5/c17-6-9-21-7-4-14(5-8-21)19-16-13(11-18)10-12-2-1-3-15(12)20-16/h10,14H,1-5,7-9H2,(H,19,20). The lowest BCUT2D eigenvalue weighted by atomic mass is 10.0. The van der Waals surface area contributed by atoms with Crippen LogP contribution in [0, 0.1) is 22.7 Å². The molecular formula is C16H19N5. The molecule has 21 heavy (non-hydrogen) atoms. The predicted molar refractivity (Wildman–Crippen MR) is 79.7 cm³/mol. The molecule has 0 saturated carbocycles. The van der Waals surface area contributed by atoms with Crippen LogP contribution in [-0.4, -0.2) is 35.6 Å². The normalized spacial score (nSPS) is 18.8. The molecule has 2 aliphatic rings. The van der Waals surface area contributed by atoms with E-state index in [2.05, 4.69) is 27.3 Å². The second kappa shape index (κ2) is 6.11. The molecule has 5 heteroatoms. The minimum Gasteiger partial charge on any atom is -0.366 e. The van der Waals surface area contributed by atoms with Crippen LogP contribution in [0.5, 0.6) is 0 Å². The van der Waals surface area contributed by atoms with Gasteiger partial charge in [0.2, 0.25) is 0 Å². The van der Waals surface area contributed by atoms with Crippen molar-refractivity contribution >= 4 is 5.82 Å². The van der Waals surface area contributed by atoms with Gasteiger partial charge < -0.3 is 5.32 Å². The average molecular weight is 281 g/mol. The summed E-state index contributed by atoms with van der Waals surface area (Å²) in [5, 5.41) is 21.5. The summed E-state index contributed by atoms with van der Waals surface area (Å²) >= 11 is 0. The Bertz CT molecular complexity index is 602. The SMILES string of the molecule is N#CCN1CCC(Nc2nc3c(cc2C#N)CCC3)CC1. The highest BCUT2D eigenvalue weighted by Gasteiger charge is 2.22. The minimum atomic E-state index is 0.346. The summed E-state index contributed by atoms with van der Waals surface area (Å²) in [6, 6.07) is 6.81. The molecule has 1 aromatic heterocycles. The molecule has 3 rings (SSSR count). The number of likely N-dealkylation sites (tertiary alicyclic amines) is 1. The lowest BCUT2D eigenvalue weighted by Gasteiger charge is -2.31. The molecule has 1 saturated heterocycles. The lowest BCUT2D eigenvalue weighted by molar-refractivity contribution is 0.242. The molecule has 0 aromatic carbocycles. The number of rotatable bonds is 3. The smallest absolute Gasteiger partial charge is 0.144 e. The fourth-order valence-corrected chi connectivity index (χ4v) is 3.20. The molecule has 0 spiro atoms. The summed E-state index contributed by atoms with van der Waals surface area (Å²) in [6.07, 6.45) is 5.19. The number of piperidine rings is 1. The topological polar surface area (TPSA) is 75.7 Å². The third kappa shape index (κ3) is 2.99. The Balaban J connectivity index is 1.69. The van der Waals surface area contributed by atoms with E-state index < -0.39 is 0 Å². The number of nitrogens with zero attached hydrogens (tertiary/aromatic N) is 4. The average Bonchev–Trinajstić information content (AvgIpc) is 2.96. The first-order valence-corrected chi connectivity index (χ1v) is 7.59. The predicted octanol–water partition coefficient (Wildman–Crippen LogP) is 1.84. The van der Waals surface area contributed by atoms with Crippen molar-refractivity contribution in [1.82, 2.24) is 9.88 Å². The lowest BCUT2D eigenvalue weighted by Crippen LogP contribution is -2.39.